The van der Waals surface area contributed by atoms with Crippen molar-refractivity contribution < 1.29 is 0 Å². The first kappa shape index (κ1) is 13.6. The highest BCUT2D eigenvalue weighted by Gasteiger charge is 2.20. The van der Waals surface area contributed by atoms with E-state index in [1.807, 2.05) is 0 Å². The lowest BCUT2D eigenvalue weighted by Crippen LogP contribution is -2.37. The van der Waals surface area contributed by atoms with Gasteiger partial charge in [0.25, 0.3) is 0 Å². The molecule has 1 heterocycles. The van der Waals surface area contributed by atoms with E-state index in [-0.39, 0.29) is 0 Å². The van der Waals surface area contributed by atoms with Crippen molar-refractivity contribution in [3.63, 3.8) is 0 Å². The highest BCUT2D eigenvalue weighted by Crippen LogP contribution is 2.23. The molecule has 2 nitrogen and oxygen atoms in total. The summed E-state index contributed by atoms with van der Waals surface area (Å²) < 4.78 is 0. The van der Waals surface area contributed by atoms with E-state index in [0.29, 0.717) is 12.0 Å². The molecule has 0 saturated carbocycles. The summed E-state index contributed by atoms with van der Waals surface area (Å²) >= 11 is 0. The minimum Gasteiger partial charge on any atom is -0.313 e. The molecule has 1 aromatic rings. The first-order chi connectivity index (χ1) is 8.81. The fraction of sp³-hybridized carbons (Fsp3) is 0.625. The van der Waals surface area contributed by atoms with E-state index in [1.54, 1.807) is 0 Å². The molecule has 2 heteroatoms. The molecule has 1 aromatic carbocycles. The summed E-state index contributed by atoms with van der Waals surface area (Å²) in [5.74, 6) is 0.649. The summed E-state index contributed by atoms with van der Waals surface area (Å²) in [5.41, 5.74) is 1.41. The van der Waals surface area contributed by atoms with Crippen molar-refractivity contribution in [1.82, 2.24) is 10.2 Å². The highest BCUT2D eigenvalue weighted by molar-refractivity contribution is 5.19. The fourth-order valence-corrected chi connectivity index (χ4v) is 3.09. The lowest BCUT2D eigenvalue weighted by molar-refractivity contribution is 0.183. The maximum atomic E-state index is 3.48. The van der Waals surface area contributed by atoms with E-state index in [1.165, 1.54) is 44.5 Å². The van der Waals surface area contributed by atoms with Gasteiger partial charge < -0.3 is 10.2 Å². The molecule has 1 saturated heterocycles. The Hall–Kier alpha value is -0.860. The maximum Gasteiger partial charge on any atom is 0.0355 e. The summed E-state index contributed by atoms with van der Waals surface area (Å²) in [6.07, 6.45) is 4.17. The van der Waals surface area contributed by atoms with Crippen LogP contribution in [0.2, 0.25) is 0 Å². The molecule has 1 N–H and O–H groups in total. The van der Waals surface area contributed by atoms with Gasteiger partial charge in [0.2, 0.25) is 0 Å². The van der Waals surface area contributed by atoms with Gasteiger partial charge in [-0.15, -0.1) is 0 Å². The zero-order valence-electron chi connectivity index (χ0n) is 11.7. The van der Waals surface area contributed by atoms with Gasteiger partial charge in [-0.1, -0.05) is 43.7 Å². The average Bonchev–Trinajstić information content (AvgIpc) is 2.42. The molecule has 1 aliphatic heterocycles. The predicted molar refractivity (Wildman–Crippen MR) is 77.7 cm³/mol. The van der Waals surface area contributed by atoms with Crippen molar-refractivity contribution in [2.45, 2.75) is 32.2 Å². The largest absolute Gasteiger partial charge is 0.313 e. The molecule has 1 fully saturated rings. The predicted octanol–water partition coefficient (Wildman–Crippen LogP) is 3.07. The van der Waals surface area contributed by atoms with Gasteiger partial charge >= 0.3 is 0 Å². The molecule has 0 radical (unpaired) electrons. The first-order valence-corrected chi connectivity index (χ1v) is 7.26. The van der Waals surface area contributed by atoms with Crippen molar-refractivity contribution in [2.24, 2.45) is 5.92 Å². The quantitative estimate of drug-likeness (QED) is 0.859. The number of rotatable bonds is 5. The molecule has 1 aliphatic rings. The standard InChI is InChI=1S/C16H26N2/c1-14(13-18-11-7-4-8-12-18)16(17-2)15-9-5-3-6-10-15/h3,5-6,9-10,14,16-17H,4,7-8,11-13H2,1-2H3/t14-,16+/m0/s1. The average molecular weight is 246 g/mol. The van der Waals surface area contributed by atoms with E-state index in [2.05, 4.69) is 54.5 Å². The third-order valence-electron chi connectivity index (χ3n) is 4.03. The topological polar surface area (TPSA) is 15.3 Å². The van der Waals surface area contributed by atoms with Gasteiger partial charge in [0.05, 0.1) is 0 Å². The van der Waals surface area contributed by atoms with E-state index >= 15 is 0 Å². The minimum atomic E-state index is 0.466. The van der Waals surface area contributed by atoms with Crippen molar-refractivity contribution >= 4 is 0 Å². The van der Waals surface area contributed by atoms with Crippen LogP contribution in [0.5, 0.6) is 0 Å². The number of likely N-dealkylation sites (tertiary alicyclic amines) is 1. The summed E-state index contributed by atoms with van der Waals surface area (Å²) in [6, 6.07) is 11.3. The lowest BCUT2D eigenvalue weighted by Gasteiger charge is -2.32. The van der Waals surface area contributed by atoms with E-state index in [9.17, 15) is 0 Å². The molecule has 2 rings (SSSR count). The van der Waals surface area contributed by atoms with Gasteiger partial charge in [-0.3, -0.25) is 0 Å². The second-order valence-corrected chi connectivity index (χ2v) is 5.52. The molecule has 0 aliphatic carbocycles. The molecular formula is C16H26N2. The number of benzene rings is 1. The maximum absolute atomic E-state index is 3.48. The third-order valence-corrected chi connectivity index (χ3v) is 4.03. The Labute approximate surface area is 111 Å². The molecule has 0 bridgehead atoms. The number of hydrogen-bond acceptors (Lipinski definition) is 2. The van der Waals surface area contributed by atoms with Crippen LogP contribution in [-0.4, -0.2) is 31.6 Å². The van der Waals surface area contributed by atoms with Crippen molar-refractivity contribution in [2.75, 3.05) is 26.7 Å². The number of nitrogens with one attached hydrogen (secondary N) is 1. The molecule has 100 valence electrons. The van der Waals surface area contributed by atoms with Crippen LogP contribution >= 0.6 is 0 Å². The zero-order chi connectivity index (χ0) is 12.8. The SMILES string of the molecule is CN[C@@H](c1ccccc1)[C@@H](C)CN1CCCCC1. The summed E-state index contributed by atoms with van der Waals surface area (Å²) in [7, 11) is 2.07. The van der Waals surface area contributed by atoms with Crippen LogP contribution in [0.1, 0.15) is 37.8 Å². The lowest BCUT2D eigenvalue weighted by atomic mass is 9.93. The molecule has 0 aromatic heterocycles. The Kier molecular flexibility index (Phi) is 5.21. The fourth-order valence-electron chi connectivity index (χ4n) is 3.09. The van der Waals surface area contributed by atoms with Crippen LogP contribution in [0.4, 0.5) is 0 Å². The van der Waals surface area contributed by atoms with Crippen LogP contribution in [0.25, 0.3) is 0 Å². The second kappa shape index (κ2) is 6.91. The monoisotopic (exact) mass is 246 g/mol. The van der Waals surface area contributed by atoms with Crippen LogP contribution in [0, 0.1) is 5.92 Å². The Bertz CT molecular complexity index is 330. The summed E-state index contributed by atoms with van der Waals surface area (Å²) in [4.78, 5) is 2.63. The molecule has 18 heavy (non-hydrogen) atoms. The van der Waals surface area contributed by atoms with Crippen LogP contribution < -0.4 is 5.32 Å². The first-order valence-electron chi connectivity index (χ1n) is 7.26. The van der Waals surface area contributed by atoms with Crippen molar-refractivity contribution in [3.05, 3.63) is 35.9 Å². The van der Waals surface area contributed by atoms with E-state index in [4.69, 9.17) is 0 Å². The number of hydrogen-bond donors (Lipinski definition) is 1. The molecule has 0 spiro atoms. The molecule has 0 amide bonds. The van der Waals surface area contributed by atoms with E-state index in [0.717, 1.165) is 0 Å². The molecular weight excluding hydrogens is 220 g/mol. The van der Waals surface area contributed by atoms with Gasteiger partial charge in [-0.2, -0.15) is 0 Å². The van der Waals surface area contributed by atoms with Gasteiger partial charge in [-0.05, 0) is 44.5 Å². The highest BCUT2D eigenvalue weighted by atomic mass is 15.1. The smallest absolute Gasteiger partial charge is 0.0355 e. The minimum absolute atomic E-state index is 0.466. The summed E-state index contributed by atoms with van der Waals surface area (Å²) in [6.45, 7) is 6.15. The zero-order valence-corrected chi connectivity index (χ0v) is 11.7. The van der Waals surface area contributed by atoms with Gasteiger partial charge in [0.1, 0.15) is 0 Å². The van der Waals surface area contributed by atoms with Crippen LogP contribution in [-0.2, 0) is 0 Å². The number of nitrogens with zero attached hydrogens (tertiary/aromatic N) is 1. The Morgan fingerprint density at radius 1 is 1.11 bits per heavy atom. The second-order valence-electron chi connectivity index (χ2n) is 5.52. The van der Waals surface area contributed by atoms with Crippen LogP contribution in [0.3, 0.4) is 0 Å². The van der Waals surface area contributed by atoms with Crippen molar-refractivity contribution in [1.29, 1.82) is 0 Å². The molecule has 2 atom stereocenters. The van der Waals surface area contributed by atoms with E-state index < -0.39 is 0 Å². The normalized spacial score (nSPS) is 20.6. The van der Waals surface area contributed by atoms with Gasteiger partial charge in [-0.25, -0.2) is 0 Å². The Balaban J connectivity index is 1.94. The Morgan fingerprint density at radius 2 is 1.78 bits per heavy atom. The van der Waals surface area contributed by atoms with Crippen molar-refractivity contribution in [3.8, 4) is 0 Å². The number of piperidine rings is 1. The van der Waals surface area contributed by atoms with Gasteiger partial charge in [0.15, 0.2) is 0 Å². The van der Waals surface area contributed by atoms with Crippen LogP contribution in [0.15, 0.2) is 30.3 Å². The van der Waals surface area contributed by atoms with Gasteiger partial charge in [0, 0.05) is 12.6 Å². The molecule has 0 unspecified atom stereocenters. The third kappa shape index (κ3) is 3.56. The summed E-state index contributed by atoms with van der Waals surface area (Å²) in [5, 5.41) is 3.48. The Morgan fingerprint density at radius 3 is 2.39 bits per heavy atom.